The second-order valence-corrected chi connectivity index (χ2v) is 6.80. The molecule has 0 radical (unpaired) electrons. The minimum absolute atomic E-state index is 0.105. The van der Waals surface area contributed by atoms with Gasteiger partial charge in [-0.1, -0.05) is 20.8 Å². The van der Waals surface area contributed by atoms with E-state index in [1.165, 1.54) is 0 Å². The molecule has 2 heterocycles. The molecule has 0 amide bonds. The molecule has 1 unspecified atom stereocenters. The van der Waals surface area contributed by atoms with Crippen molar-refractivity contribution in [3.8, 4) is 0 Å². The number of anilines is 2. The van der Waals surface area contributed by atoms with Crippen molar-refractivity contribution >= 4 is 11.6 Å². The number of piperidine rings is 1. The lowest BCUT2D eigenvalue weighted by Gasteiger charge is -2.35. The third-order valence-corrected chi connectivity index (χ3v) is 3.91. The summed E-state index contributed by atoms with van der Waals surface area (Å²) in [7, 11) is 0. The van der Waals surface area contributed by atoms with Crippen molar-refractivity contribution in [2.75, 3.05) is 30.3 Å². The molecule has 2 rings (SSSR count). The summed E-state index contributed by atoms with van der Waals surface area (Å²) in [6, 6.07) is 0. The number of nitrogens with two attached hydrogens (primary N) is 1. The molecule has 5 nitrogen and oxygen atoms in total. The largest absolute Gasteiger partial charge is 0.383 e. The average Bonchev–Trinajstić information content (AvgIpc) is 2.41. The van der Waals surface area contributed by atoms with E-state index in [4.69, 9.17) is 15.5 Å². The molecule has 118 valence electrons. The summed E-state index contributed by atoms with van der Waals surface area (Å²) in [6.45, 7) is 13.0. The molecule has 1 fully saturated rings. The van der Waals surface area contributed by atoms with Gasteiger partial charge < -0.3 is 15.4 Å². The molecule has 1 saturated heterocycles. The molecule has 1 atom stereocenters. The smallest absolute Gasteiger partial charge is 0.138 e. The molecule has 5 heteroatoms. The van der Waals surface area contributed by atoms with Crippen LogP contribution in [-0.4, -0.2) is 35.8 Å². The predicted molar refractivity (Wildman–Crippen MR) is 86.7 cm³/mol. The van der Waals surface area contributed by atoms with Gasteiger partial charge in [0.1, 0.15) is 17.5 Å². The number of hydrogen-bond donors (Lipinski definition) is 1. The molecule has 1 aliphatic heterocycles. The fourth-order valence-corrected chi connectivity index (χ4v) is 2.67. The highest BCUT2D eigenvalue weighted by atomic mass is 16.5. The second kappa shape index (κ2) is 6.18. The zero-order chi connectivity index (χ0) is 15.6. The summed E-state index contributed by atoms with van der Waals surface area (Å²) in [5.41, 5.74) is 6.98. The maximum Gasteiger partial charge on any atom is 0.138 e. The van der Waals surface area contributed by atoms with Crippen molar-refractivity contribution in [3.05, 3.63) is 11.4 Å². The summed E-state index contributed by atoms with van der Waals surface area (Å²) in [5.74, 6) is 2.36. The third-order valence-electron chi connectivity index (χ3n) is 3.91. The molecular weight excluding hydrogens is 264 g/mol. The first kappa shape index (κ1) is 16.0. The van der Waals surface area contributed by atoms with Gasteiger partial charge in [0.15, 0.2) is 0 Å². The topological polar surface area (TPSA) is 64.3 Å². The van der Waals surface area contributed by atoms with E-state index >= 15 is 0 Å². The van der Waals surface area contributed by atoms with Crippen LogP contribution in [0, 0.1) is 6.92 Å². The van der Waals surface area contributed by atoms with Crippen LogP contribution in [0.25, 0.3) is 0 Å². The van der Waals surface area contributed by atoms with Crippen LogP contribution in [-0.2, 0) is 10.2 Å². The Bertz CT molecular complexity index is 494. The van der Waals surface area contributed by atoms with Gasteiger partial charge in [-0.3, -0.25) is 0 Å². The van der Waals surface area contributed by atoms with Crippen LogP contribution in [0.1, 0.15) is 51.9 Å². The number of nitrogens with zero attached hydrogens (tertiary/aromatic N) is 3. The maximum absolute atomic E-state index is 6.11. The molecule has 0 saturated carbocycles. The molecule has 2 N–H and O–H groups in total. The van der Waals surface area contributed by atoms with E-state index in [0.29, 0.717) is 5.82 Å². The molecule has 0 spiro atoms. The number of hydrogen-bond acceptors (Lipinski definition) is 5. The van der Waals surface area contributed by atoms with Crippen LogP contribution in [0.5, 0.6) is 0 Å². The highest BCUT2D eigenvalue weighted by Crippen LogP contribution is 2.29. The summed E-state index contributed by atoms with van der Waals surface area (Å²) in [5, 5.41) is 0. The van der Waals surface area contributed by atoms with E-state index in [2.05, 4.69) is 30.7 Å². The fourth-order valence-electron chi connectivity index (χ4n) is 2.67. The standard InChI is InChI=1S/C16H28N4O/c1-6-21-12-8-7-9-20(10-12)14-11(2)13(17)18-15(19-14)16(3,4)5/h12H,6-10H2,1-5H3,(H2,17,18,19). The van der Waals surface area contributed by atoms with Gasteiger partial charge in [0, 0.05) is 30.7 Å². The summed E-state index contributed by atoms with van der Waals surface area (Å²) in [4.78, 5) is 11.6. The fraction of sp³-hybridized carbons (Fsp3) is 0.750. The Hall–Kier alpha value is -1.36. The minimum atomic E-state index is -0.105. The van der Waals surface area contributed by atoms with Gasteiger partial charge in [-0.05, 0) is 26.7 Å². The molecular formula is C16H28N4O. The molecule has 21 heavy (non-hydrogen) atoms. The molecule has 0 aromatic carbocycles. The molecule has 0 aliphatic carbocycles. The van der Waals surface area contributed by atoms with Gasteiger partial charge in [-0.15, -0.1) is 0 Å². The van der Waals surface area contributed by atoms with Crippen LogP contribution in [0.2, 0.25) is 0 Å². The van der Waals surface area contributed by atoms with Gasteiger partial charge in [-0.25, -0.2) is 9.97 Å². The van der Waals surface area contributed by atoms with Crippen LogP contribution in [0.4, 0.5) is 11.6 Å². The number of rotatable bonds is 3. The summed E-state index contributed by atoms with van der Waals surface area (Å²) < 4.78 is 5.79. The van der Waals surface area contributed by atoms with Crippen molar-refractivity contribution in [3.63, 3.8) is 0 Å². The van der Waals surface area contributed by atoms with Crippen molar-refractivity contribution in [2.24, 2.45) is 0 Å². The summed E-state index contributed by atoms with van der Waals surface area (Å²) in [6.07, 6.45) is 2.53. The Morgan fingerprint density at radius 2 is 2.05 bits per heavy atom. The Labute approximate surface area is 127 Å². The van der Waals surface area contributed by atoms with Crippen LogP contribution < -0.4 is 10.6 Å². The first-order valence-corrected chi connectivity index (χ1v) is 7.84. The number of ether oxygens (including phenoxy) is 1. The van der Waals surface area contributed by atoms with Crippen molar-refractivity contribution in [2.45, 2.75) is 59.0 Å². The quantitative estimate of drug-likeness (QED) is 0.928. The Balaban J connectivity index is 2.32. The normalized spacial score (nSPS) is 19.9. The van der Waals surface area contributed by atoms with Gasteiger partial charge in [0.2, 0.25) is 0 Å². The SMILES string of the molecule is CCOC1CCCN(c2nc(C(C)(C)C)nc(N)c2C)C1. The van der Waals surface area contributed by atoms with Crippen LogP contribution in [0.3, 0.4) is 0 Å². The minimum Gasteiger partial charge on any atom is -0.383 e. The first-order chi connectivity index (χ1) is 9.82. The third kappa shape index (κ3) is 3.64. The van der Waals surface area contributed by atoms with E-state index in [0.717, 1.165) is 49.7 Å². The van der Waals surface area contributed by atoms with Gasteiger partial charge in [0.05, 0.1) is 6.10 Å². The van der Waals surface area contributed by atoms with Crippen LogP contribution in [0.15, 0.2) is 0 Å². The van der Waals surface area contributed by atoms with E-state index in [-0.39, 0.29) is 11.5 Å². The van der Waals surface area contributed by atoms with Crippen LogP contribution >= 0.6 is 0 Å². The molecule has 1 aromatic heterocycles. The van der Waals surface area contributed by atoms with E-state index in [1.54, 1.807) is 0 Å². The maximum atomic E-state index is 6.11. The van der Waals surface area contributed by atoms with Gasteiger partial charge in [-0.2, -0.15) is 0 Å². The Kier molecular flexibility index (Phi) is 4.71. The number of aromatic nitrogens is 2. The zero-order valence-electron chi connectivity index (χ0n) is 13.9. The van der Waals surface area contributed by atoms with Crippen molar-refractivity contribution < 1.29 is 4.74 Å². The van der Waals surface area contributed by atoms with Crippen molar-refractivity contribution in [1.29, 1.82) is 0 Å². The lowest BCUT2D eigenvalue weighted by atomic mass is 9.95. The van der Waals surface area contributed by atoms with Crippen molar-refractivity contribution in [1.82, 2.24) is 9.97 Å². The highest BCUT2D eigenvalue weighted by Gasteiger charge is 2.26. The zero-order valence-corrected chi connectivity index (χ0v) is 13.9. The Morgan fingerprint density at radius 3 is 2.67 bits per heavy atom. The van der Waals surface area contributed by atoms with Gasteiger partial charge in [0.25, 0.3) is 0 Å². The predicted octanol–water partition coefficient (Wildman–Crippen LogP) is 2.67. The molecule has 0 bridgehead atoms. The highest BCUT2D eigenvalue weighted by molar-refractivity contribution is 5.57. The van der Waals surface area contributed by atoms with Gasteiger partial charge >= 0.3 is 0 Å². The second-order valence-electron chi connectivity index (χ2n) is 6.80. The van der Waals surface area contributed by atoms with E-state index < -0.39 is 0 Å². The lowest BCUT2D eigenvalue weighted by Crippen LogP contribution is -2.41. The Morgan fingerprint density at radius 1 is 1.33 bits per heavy atom. The number of nitrogen functional groups attached to an aromatic ring is 1. The summed E-state index contributed by atoms with van der Waals surface area (Å²) >= 11 is 0. The molecule has 1 aromatic rings. The molecule has 1 aliphatic rings. The van der Waals surface area contributed by atoms with E-state index in [9.17, 15) is 0 Å². The first-order valence-electron chi connectivity index (χ1n) is 7.84. The lowest BCUT2D eigenvalue weighted by molar-refractivity contribution is 0.0525. The van der Waals surface area contributed by atoms with E-state index in [1.807, 2.05) is 13.8 Å². The monoisotopic (exact) mass is 292 g/mol. The average molecular weight is 292 g/mol.